The van der Waals surface area contributed by atoms with Crippen molar-refractivity contribution in [3.8, 4) is 0 Å². The molecule has 0 unspecified atom stereocenters. The fourth-order valence-electron chi connectivity index (χ4n) is 2.99. The lowest BCUT2D eigenvalue weighted by Crippen LogP contribution is -2.31. The molecule has 1 aliphatic rings. The SMILES string of the molecule is CN(Cc1ccccc1C(N)=S)C1CCCCCC1. The van der Waals surface area contributed by atoms with Crippen LogP contribution in [0.4, 0.5) is 0 Å². The number of hydrogen-bond acceptors (Lipinski definition) is 2. The van der Waals surface area contributed by atoms with Gasteiger partial charge in [0.05, 0.1) is 0 Å². The monoisotopic (exact) mass is 276 g/mol. The quantitative estimate of drug-likeness (QED) is 0.674. The third-order valence-electron chi connectivity index (χ3n) is 4.15. The zero-order valence-corrected chi connectivity index (χ0v) is 12.6. The average Bonchev–Trinajstić information content (AvgIpc) is 2.68. The zero-order chi connectivity index (χ0) is 13.7. The first kappa shape index (κ1) is 14.5. The highest BCUT2D eigenvalue weighted by Crippen LogP contribution is 2.23. The van der Waals surface area contributed by atoms with Gasteiger partial charge in [-0.3, -0.25) is 4.90 Å². The van der Waals surface area contributed by atoms with Crippen molar-refractivity contribution in [3.05, 3.63) is 35.4 Å². The molecule has 0 heterocycles. The maximum Gasteiger partial charge on any atom is 0.104 e. The van der Waals surface area contributed by atoms with E-state index in [9.17, 15) is 0 Å². The summed E-state index contributed by atoms with van der Waals surface area (Å²) in [6.07, 6.45) is 8.18. The van der Waals surface area contributed by atoms with Gasteiger partial charge in [0.1, 0.15) is 4.99 Å². The van der Waals surface area contributed by atoms with Crippen molar-refractivity contribution in [1.82, 2.24) is 4.90 Å². The van der Waals surface area contributed by atoms with Crippen LogP contribution in [-0.2, 0) is 6.54 Å². The molecule has 2 rings (SSSR count). The normalized spacial score (nSPS) is 17.4. The maximum absolute atomic E-state index is 5.81. The molecule has 2 nitrogen and oxygen atoms in total. The molecule has 1 fully saturated rings. The molecule has 0 amide bonds. The Kier molecular flexibility index (Phi) is 5.34. The van der Waals surface area contributed by atoms with Crippen LogP contribution < -0.4 is 5.73 Å². The average molecular weight is 276 g/mol. The molecule has 0 atom stereocenters. The molecule has 0 aliphatic heterocycles. The highest BCUT2D eigenvalue weighted by Gasteiger charge is 2.18. The van der Waals surface area contributed by atoms with Crippen LogP contribution >= 0.6 is 12.2 Å². The minimum Gasteiger partial charge on any atom is -0.389 e. The smallest absolute Gasteiger partial charge is 0.104 e. The molecular weight excluding hydrogens is 252 g/mol. The van der Waals surface area contributed by atoms with Crippen LogP contribution in [0.1, 0.15) is 49.7 Å². The van der Waals surface area contributed by atoms with Gasteiger partial charge in [0, 0.05) is 18.2 Å². The van der Waals surface area contributed by atoms with Gasteiger partial charge < -0.3 is 5.73 Å². The molecule has 0 aromatic heterocycles. The highest BCUT2D eigenvalue weighted by molar-refractivity contribution is 7.80. The second-order valence-electron chi connectivity index (χ2n) is 5.58. The zero-order valence-electron chi connectivity index (χ0n) is 11.8. The van der Waals surface area contributed by atoms with Crippen LogP contribution in [0.15, 0.2) is 24.3 Å². The Labute approximate surface area is 122 Å². The lowest BCUT2D eigenvalue weighted by atomic mass is 10.0. The van der Waals surface area contributed by atoms with Gasteiger partial charge in [-0.25, -0.2) is 0 Å². The number of nitrogens with two attached hydrogens (primary N) is 1. The Hall–Kier alpha value is -0.930. The van der Waals surface area contributed by atoms with Crippen molar-refractivity contribution in [2.75, 3.05) is 7.05 Å². The third-order valence-corrected chi connectivity index (χ3v) is 4.37. The summed E-state index contributed by atoms with van der Waals surface area (Å²) in [5.41, 5.74) is 8.08. The molecule has 1 aromatic rings. The van der Waals surface area contributed by atoms with Crippen molar-refractivity contribution in [2.45, 2.75) is 51.1 Å². The summed E-state index contributed by atoms with van der Waals surface area (Å²) in [6.45, 7) is 0.943. The minimum absolute atomic E-state index is 0.505. The molecule has 3 heteroatoms. The predicted octanol–water partition coefficient (Wildman–Crippen LogP) is 3.48. The van der Waals surface area contributed by atoms with Gasteiger partial charge in [0.25, 0.3) is 0 Å². The summed E-state index contributed by atoms with van der Waals surface area (Å²) >= 11 is 5.14. The minimum atomic E-state index is 0.505. The largest absolute Gasteiger partial charge is 0.389 e. The first-order chi connectivity index (χ1) is 9.18. The van der Waals surface area contributed by atoms with Crippen LogP contribution in [0.3, 0.4) is 0 Å². The number of hydrogen-bond donors (Lipinski definition) is 1. The maximum atomic E-state index is 5.81. The predicted molar refractivity (Wildman–Crippen MR) is 85.3 cm³/mol. The second-order valence-corrected chi connectivity index (χ2v) is 6.02. The van der Waals surface area contributed by atoms with Crippen LogP contribution in [0, 0.1) is 0 Å². The van der Waals surface area contributed by atoms with E-state index in [-0.39, 0.29) is 0 Å². The lowest BCUT2D eigenvalue weighted by molar-refractivity contribution is 0.213. The first-order valence-corrected chi connectivity index (χ1v) is 7.67. The molecule has 1 aliphatic carbocycles. The summed E-state index contributed by atoms with van der Waals surface area (Å²) < 4.78 is 0. The fraction of sp³-hybridized carbons (Fsp3) is 0.562. The molecule has 1 saturated carbocycles. The van der Waals surface area contributed by atoms with Crippen LogP contribution in [0.25, 0.3) is 0 Å². The molecule has 19 heavy (non-hydrogen) atoms. The fourth-order valence-corrected chi connectivity index (χ4v) is 3.19. The van der Waals surface area contributed by atoms with Gasteiger partial charge in [0.15, 0.2) is 0 Å². The summed E-state index contributed by atoms with van der Waals surface area (Å²) in [7, 11) is 2.23. The Balaban J connectivity index is 2.05. The van der Waals surface area contributed by atoms with Gasteiger partial charge >= 0.3 is 0 Å². The number of benzene rings is 1. The molecular formula is C16H24N2S. The summed E-state index contributed by atoms with van der Waals surface area (Å²) in [6, 6.07) is 8.95. The van der Waals surface area contributed by atoms with Crippen molar-refractivity contribution in [2.24, 2.45) is 5.73 Å². The lowest BCUT2D eigenvalue weighted by Gasteiger charge is -2.27. The molecule has 1 aromatic carbocycles. The number of rotatable bonds is 4. The van der Waals surface area contributed by atoms with Gasteiger partial charge in [0.2, 0.25) is 0 Å². The molecule has 0 saturated heterocycles. The van der Waals surface area contributed by atoms with Gasteiger partial charge in [-0.05, 0) is 25.5 Å². The first-order valence-electron chi connectivity index (χ1n) is 7.26. The van der Waals surface area contributed by atoms with Gasteiger partial charge in [-0.1, -0.05) is 62.2 Å². The van der Waals surface area contributed by atoms with E-state index in [1.807, 2.05) is 12.1 Å². The van der Waals surface area contributed by atoms with Crippen LogP contribution in [0.2, 0.25) is 0 Å². The Morgan fingerprint density at radius 1 is 1.21 bits per heavy atom. The van der Waals surface area contributed by atoms with E-state index in [4.69, 9.17) is 18.0 Å². The number of thiocarbonyl (C=S) groups is 1. The standard InChI is InChI=1S/C16H24N2S/c1-18(14-9-4-2-3-5-10-14)12-13-8-6-7-11-15(13)16(17)19/h6-8,11,14H,2-5,9-10,12H2,1H3,(H2,17,19). The highest BCUT2D eigenvalue weighted by atomic mass is 32.1. The number of nitrogens with zero attached hydrogens (tertiary/aromatic N) is 1. The van der Waals surface area contributed by atoms with Crippen molar-refractivity contribution in [1.29, 1.82) is 0 Å². The van der Waals surface area contributed by atoms with E-state index in [2.05, 4.69) is 24.1 Å². The summed E-state index contributed by atoms with van der Waals surface area (Å²) in [4.78, 5) is 2.98. The van der Waals surface area contributed by atoms with E-state index in [1.165, 1.54) is 44.1 Å². The van der Waals surface area contributed by atoms with Crippen molar-refractivity contribution < 1.29 is 0 Å². The van der Waals surface area contributed by atoms with E-state index in [0.29, 0.717) is 11.0 Å². The van der Waals surface area contributed by atoms with Gasteiger partial charge in [-0.15, -0.1) is 0 Å². The molecule has 0 radical (unpaired) electrons. The molecule has 104 valence electrons. The van der Waals surface area contributed by atoms with E-state index in [1.54, 1.807) is 0 Å². The van der Waals surface area contributed by atoms with Crippen LogP contribution in [0.5, 0.6) is 0 Å². The van der Waals surface area contributed by atoms with E-state index < -0.39 is 0 Å². The molecule has 0 bridgehead atoms. The molecule has 2 N–H and O–H groups in total. The Morgan fingerprint density at radius 3 is 2.47 bits per heavy atom. The second kappa shape index (κ2) is 7.01. The van der Waals surface area contributed by atoms with Crippen LogP contribution in [-0.4, -0.2) is 23.0 Å². The Morgan fingerprint density at radius 2 is 1.84 bits per heavy atom. The van der Waals surface area contributed by atoms with Crippen molar-refractivity contribution >= 4 is 17.2 Å². The summed E-state index contributed by atoms with van der Waals surface area (Å²) in [5, 5.41) is 0. The van der Waals surface area contributed by atoms with Crippen molar-refractivity contribution in [3.63, 3.8) is 0 Å². The molecule has 0 spiro atoms. The van der Waals surface area contributed by atoms with Gasteiger partial charge in [-0.2, -0.15) is 0 Å². The van der Waals surface area contributed by atoms with E-state index >= 15 is 0 Å². The topological polar surface area (TPSA) is 29.3 Å². The third kappa shape index (κ3) is 4.02. The Bertz CT molecular complexity index is 423. The summed E-state index contributed by atoms with van der Waals surface area (Å²) in [5.74, 6) is 0. The van der Waals surface area contributed by atoms with E-state index in [0.717, 1.165) is 12.1 Å².